The summed E-state index contributed by atoms with van der Waals surface area (Å²) in [7, 11) is 1.28. The fourth-order valence-corrected chi connectivity index (χ4v) is 5.95. The first-order valence-corrected chi connectivity index (χ1v) is 13.6. The molecule has 13 heteroatoms. The maximum atomic E-state index is 12.9. The van der Waals surface area contributed by atoms with Crippen LogP contribution in [0, 0.1) is 0 Å². The monoisotopic (exact) mass is 619 g/mol. The third kappa shape index (κ3) is 4.52. The van der Waals surface area contributed by atoms with Crippen molar-refractivity contribution < 1.29 is 34.7 Å². The number of rotatable bonds is 5. The largest absolute Gasteiger partial charge is 0.464 e. The van der Waals surface area contributed by atoms with Gasteiger partial charge in [0.05, 0.1) is 29.3 Å². The summed E-state index contributed by atoms with van der Waals surface area (Å²) in [5, 5.41) is 43.8. The smallest absolute Gasteiger partial charge is 0.355 e. The van der Waals surface area contributed by atoms with E-state index >= 15 is 0 Å². The minimum Gasteiger partial charge on any atom is -0.464 e. The molecule has 1 aliphatic rings. The first-order chi connectivity index (χ1) is 19.6. The molecule has 2 aromatic carbocycles. The maximum Gasteiger partial charge on any atom is 0.355 e. The highest BCUT2D eigenvalue weighted by atomic mass is 35.5. The Morgan fingerprint density at radius 3 is 2.41 bits per heavy atom. The van der Waals surface area contributed by atoms with Gasteiger partial charge >= 0.3 is 5.97 Å². The first kappa shape index (κ1) is 28.1. The third-order valence-corrected chi connectivity index (χ3v) is 8.45. The molecule has 5 atom stereocenters. The van der Waals surface area contributed by atoms with Gasteiger partial charge in [-0.3, -0.25) is 0 Å². The molecule has 0 saturated carbocycles. The zero-order valence-electron chi connectivity index (χ0n) is 21.3. The number of carbonyl (C=O) groups is 1. The Labute approximate surface area is 247 Å². The molecule has 0 amide bonds. The fourth-order valence-electron chi connectivity index (χ4n) is 5.46. The van der Waals surface area contributed by atoms with Gasteiger partial charge in [0.1, 0.15) is 30.1 Å². The van der Waals surface area contributed by atoms with E-state index in [9.17, 15) is 25.2 Å². The number of fused-ring (bicyclic) bond motifs is 2. The molecular weight excluding hydrogens is 597 g/mol. The standard InChI is InChI=1S/C28H24Cl3N3O7/c1-40-28(39)23-22(14-7-32-19-3-2-11(29)4-12(14)19)15(8-33-23)16-9-34(20-6-18(31)17(30)5-13(16)20)27-26(38)25(37)24(36)21(10-35)41-27/h2-9,21,24-27,32-33,35-38H,10H2,1H3. The third-order valence-electron chi connectivity index (χ3n) is 7.49. The van der Waals surface area contributed by atoms with E-state index in [-0.39, 0.29) is 15.7 Å². The molecule has 1 fully saturated rings. The number of aromatic nitrogens is 3. The molecule has 0 bridgehead atoms. The Morgan fingerprint density at radius 1 is 0.951 bits per heavy atom. The Kier molecular flexibility index (Phi) is 7.29. The zero-order valence-corrected chi connectivity index (χ0v) is 23.6. The molecule has 6 N–H and O–H groups in total. The number of nitrogens with zero attached hydrogens (tertiary/aromatic N) is 1. The van der Waals surface area contributed by atoms with Crippen molar-refractivity contribution in [1.82, 2.24) is 14.5 Å². The molecule has 0 aliphatic carbocycles. The van der Waals surface area contributed by atoms with Gasteiger partial charge in [0.15, 0.2) is 6.23 Å². The van der Waals surface area contributed by atoms with Crippen molar-refractivity contribution in [2.45, 2.75) is 30.6 Å². The van der Waals surface area contributed by atoms with Crippen molar-refractivity contribution in [2.75, 3.05) is 13.7 Å². The van der Waals surface area contributed by atoms with Gasteiger partial charge in [-0.1, -0.05) is 34.8 Å². The van der Waals surface area contributed by atoms with Crippen LogP contribution >= 0.6 is 34.8 Å². The summed E-state index contributed by atoms with van der Waals surface area (Å²) < 4.78 is 12.5. The summed E-state index contributed by atoms with van der Waals surface area (Å²) in [6.45, 7) is -0.590. The van der Waals surface area contributed by atoms with E-state index in [1.54, 1.807) is 47.4 Å². The first-order valence-electron chi connectivity index (χ1n) is 12.5. The molecule has 1 saturated heterocycles. The molecule has 41 heavy (non-hydrogen) atoms. The zero-order chi connectivity index (χ0) is 29.2. The maximum absolute atomic E-state index is 12.9. The van der Waals surface area contributed by atoms with E-state index in [1.165, 1.54) is 7.11 Å². The van der Waals surface area contributed by atoms with Gasteiger partial charge < -0.3 is 44.4 Å². The van der Waals surface area contributed by atoms with Gasteiger partial charge in [0.2, 0.25) is 0 Å². The number of H-pyrrole nitrogens is 2. The number of esters is 1. The van der Waals surface area contributed by atoms with E-state index in [4.69, 9.17) is 44.3 Å². The number of methoxy groups -OCH3 is 1. The predicted molar refractivity (Wildman–Crippen MR) is 154 cm³/mol. The molecule has 214 valence electrons. The second-order valence-corrected chi connectivity index (χ2v) is 11.0. The minimum atomic E-state index is -1.60. The van der Waals surface area contributed by atoms with Gasteiger partial charge in [0, 0.05) is 62.2 Å². The molecule has 6 rings (SSSR count). The lowest BCUT2D eigenvalue weighted by molar-refractivity contribution is -0.250. The summed E-state index contributed by atoms with van der Waals surface area (Å²) in [5.41, 5.74) is 3.82. The predicted octanol–water partition coefficient (Wildman–Crippen LogP) is 4.50. The highest BCUT2D eigenvalue weighted by Crippen LogP contribution is 2.45. The second-order valence-electron chi connectivity index (χ2n) is 9.79. The number of hydrogen-bond donors (Lipinski definition) is 6. The molecular formula is C28H24Cl3N3O7. The number of aliphatic hydroxyl groups is 4. The SMILES string of the molecule is COC(=O)c1[nH]cc(-c2cn(C3OC(CO)C(O)C(O)C3O)c3cc(Cl)c(Cl)cc23)c1-c1c[nH]c2ccc(Cl)cc12. The van der Waals surface area contributed by atoms with Crippen molar-refractivity contribution in [3.05, 3.63) is 69.7 Å². The lowest BCUT2D eigenvalue weighted by Gasteiger charge is -2.40. The van der Waals surface area contributed by atoms with Crippen molar-refractivity contribution >= 4 is 62.6 Å². The molecule has 4 heterocycles. The van der Waals surface area contributed by atoms with Crippen LogP contribution in [0.2, 0.25) is 15.1 Å². The molecule has 10 nitrogen and oxygen atoms in total. The normalized spacial score (nSPS) is 23.0. The van der Waals surface area contributed by atoms with Crippen molar-refractivity contribution in [3.8, 4) is 22.3 Å². The average molecular weight is 621 g/mol. The van der Waals surface area contributed by atoms with Gasteiger partial charge in [-0.25, -0.2) is 4.79 Å². The van der Waals surface area contributed by atoms with E-state index < -0.39 is 43.2 Å². The van der Waals surface area contributed by atoms with E-state index in [2.05, 4.69) is 9.97 Å². The van der Waals surface area contributed by atoms with Gasteiger partial charge in [0.25, 0.3) is 0 Å². The van der Waals surface area contributed by atoms with Gasteiger partial charge in [-0.05, 0) is 30.3 Å². The summed E-state index contributed by atoms with van der Waals surface area (Å²) in [5.74, 6) is -0.596. The highest BCUT2D eigenvalue weighted by Gasteiger charge is 2.44. The highest BCUT2D eigenvalue weighted by molar-refractivity contribution is 6.43. The van der Waals surface area contributed by atoms with E-state index in [1.807, 2.05) is 6.07 Å². The van der Waals surface area contributed by atoms with Crippen molar-refractivity contribution in [1.29, 1.82) is 0 Å². The van der Waals surface area contributed by atoms with Crippen LogP contribution in [0.25, 0.3) is 44.1 Å². The number of nitrogens with one attached hydrogen (secondary N) is 2. The van der Waals surface area contributed by atoms with Gasteiger partial charge in [-0.2, -0.15) is 0 Å². The summed E-state index contributed by atoms with van der Waals surface area (Å²) in [4.78, 5) is 19.1. The topological polar surface area (TPSA) is 153 Å². The second kappa shape index (κ2) is 10.6. The van der Waals surface area contributed by atoms with Crippen LogP contribution in [0.5, 0.6) is 0 Å². The van der Waals surface area contributed by atoms with Crippen LogP contribution in [-0.2, 0) is 9.47 Å². The Balaban J connectivity index is 1.62. The lowest BCUT2D eigenvalue weighted by Crippen LogP contribution is -2.56. The molecule has 1 aliphatic heterocycles. The van der Waals surface area contributed by atoms with Crippen LogP contribution in [0.4, 0.5) is 0 Å². The molecule has 5 unspecified atom stereocenters. The molecule has 0 spiro atoms. The number of benzene rings is 2. The van der Waals surface area contributed by atoms with Crippen LogP contribution in [0.15, 0.2) is 48.9 Å². The Hall–Kier alpha value is -3.06. The van der Waals surface area contributed by atoms with Crippen molar-refractivity contribution in [2.24, 2.45) is 0 Å². The van der Waals surface area contributed by atoms with Crippen LogP contribution in [0.3, 0.4) is 0 Å². The van der Waals surface area contributed by atoms with Crippen LogP contribution in [0.1, 0.15) is 16.7 Å². The quantitative estimate of drug-likeness (QED) is 0.158. The summed E-state index contributed by atoms with van der Waals surface area (Å²) in [6.07, 6.45) is -1.95. The minimum absolute atomic E-state index is 0.192. The molecule has 3 aromatic heterocycles. The summed E-state index contributed by atoms with van der Waals surface area (Å²) in [6, 6.07) is 8.61. The van der Waals surface area contributed by atoms with Crippen LogP contribution in [-0.4, -0.2) is 79.1 Å². The number of aliphatic hydroxyl groups excluding tert-OH is 4. The molecule has 0 radical (unpaired) electrons. The van der Waals surface area contributed by atoms with Crippen LogP contribution < -0.4 is 0 Å². The van der Waals surface area contributed by atoms with E-state index in [0.717, 1.165) is 10.9 Å². The van der Waals surface area contributed by atoms with Crippen molar-refractivity contribution in [3.63, 3.8) is 0 Å². The Morgan fingerprint density at radius 2 is 1.68 bits per heavy atom. The Bertz CT molecular complexity index is 1790. The number of hydrogen-bond acceptors (Lipinski definition) is 7. The average Bonchev–Trinajstić information content (AvgIpc) is 3.67. The number of halogens is 3. The lowest BCUT2D eigenvalue weighted by atomic mass is 9.96. The number of aromatic amines is 2. The molecule has 5 aromatic rings. The number of carbonyl (C=O) groups excluding carboxylic acids is 1. The number of ether oxygens (including phenoxy) is 2. The summed E-state index contributed by atoms with van der Waals surface area (Å²) >= 11 is 19.2. The van der Waals surface area contributed by atoms with Gasteiger partial charge in [-0.15, -0.1) is 0 Å². The fraction of sp³-hybridized carbons (Fsp3) is 0.250. The van der Waals surface area contributed by atoms with E-state index in [0.29, 0.717) is 38.2 Å².